The summed E-state index contributed by atoms with van der Waals surface area (Å²) in [4.78, 5) is 0. The number of aromatic amines is 1. The maximum absolute atomic E-state index is 5.67. The molecule has 2 heterocycles. The van der Waals surface area contributed by atoms with Crippen molar-refractivity contribution in [2.75, 3.05) is 12.4 Å². The third kappa shape index (κ3) is 1.59. The van der Waals surface area contributed by atoms with Gasteiger partial charge < -0.3 is 10.6 Å². The predicted octanol–water partition coefficient (Wildman–Crippen LogP) is 0.896. The Bertz CT molecular complexity index is 339. The number of ether oxygens (including phenoxy) is 1. The number of rotatable bonds is 1. The molecular weight excluding hydrogens is 188 g/mol. The Balaban J connectivity index is 2.23. The Morgan fingerprint density at radius 3 is 3.00 bits per heavy atom. The van der Waals surface area contributed by atoms with Gasteiger partial charge in [0.1, 0.15) is 6.10 Å². The molecule has 1 aromatic heterocycles. The van der Waals surface area contributed by atoms with E-state index in [9.17, 15) is 0 Å². The molecule has 5 nitrogen and oxygen atoms in total. The van der Waals surface area contributed by atoms with Crippen molar-refractivity contribution in [1.82, 2.24) is 14.9 Å². The Kier molecular flexibility index (Phi) is 2.32. The normalized spacial score (nSPS) is 23.2. The van der Waals surface area contributed by atoms with Gasteiger partial charge in [-0.3, -0.25) is 5.10 Å². The average molecular weight is 200 g/mol. The molecule has 1 unspecified atom stereocenters. The molecule has 1 aromatic rings. The summed E-state index contributed by atoms with van der Waals surface area (Å²) in [7, 11) is 0. The molecule has 1 atom stereocenters. The van der Waals surface area contributed by atoms with Crippen LogP contribution in [0.15, 0.2) is 0 Å². The molecule has 0 spiro atoms. The molecule has 0 amide bonds. The Hall–Kier alpha value is -0.880. The summed E-state index contributed by atoms with van der Waals surface area (Å²) < 4.78 is 7.34. The van der Waals surface area contributed by atoms with E-state index in [0.717, 1.165) is 25.9 Å². The van der Waals surface area contributed by atoms with Crippen LogP contribution in [0.4, 0.5) is 0 Å². The summed E-state index contributed by atoms with van der Waals surface area (Å²) >= 11 is 4.91. The molecule has 72 valence electrons. The molecule has 0 aliphatic carbocycles. The molecule has 1 saturated heterocycles. The van der Waals surface area contributed by atoms with E-state index in [1.165, 1.54) is 4.68 Å². The van der Waals surface area contributed by atoms with E-state index in [4.69, 9.17) is 22.8 Å². The van der Waals surface area contributed by atoms with Gasteiger partial charge in [-0.15, -0.1) is 0 Å². The number of hydrogen-bond acceptors (Lipinski definition) is 4. The van der Waals surface area contributed by atoms with Crippen molar-refractivity contribution in [2.45, 2.75) is 25.4 Å². The molecule has 6 heteroatoms. The first-order chi connectivity index (χ1) is 6.29. The number of nitrogens with two attached hydrogens (primary N) is 1. The van der Waals surface area contributed by atoms with Crippen LogP contribution in [0.3, 0.4) is 0 Å². The molecular formula is C7H12N4OS. The SMILES string of the molecule is Nn1c(C2CCCCO2)n[nH]c1=S. The number of nitrogens with one attached hydrogen (secondary N) is 1. The number of aromatic nitrogens is 3. The zero-order chi connectivity index (χ0) is 9.26. The van der Waals surface area contributed by atoms with E-state index >= 15 is 0 Å². The highest BCUT2D eigenvalue weighted by Crippen LogP contribution is 2.25. The molecule has 0 bridgehead atoms. The number of nitrogen functional groups attached to an aromatic ring is 1. The minimum atomic E-state index is 0.00620. The van der Waals surface area contributed by atoms with Gasteiger partial charge in [0.25, 0.3) is 0 Å². The molecule has 13 heavy (non-hydrogen) atoms. The summed E-state index contributed by atoms with van der Waals surface area (Å²) in [5, 5.41) is 6.68. The number of nitrogens with zero attached hydrogens (tertiary/aromatic N) is 2. The van der Waals surface area contributed by atoms with Crippen LogP contribution < -0.4 is 5.84 Å². The van der Waals surface area contributed by atoms with Crippen LogP contribution in [0.1, 0.15) is 31.2 Å². The monoisotopic (exact) mass is 200 g/mol. The largest absolute Gasteiger partial charge is 0.370 e. The Labute approximate surface area is 80.9 Å². The molecule has 0 aromatic carbocycles. The topological polar surface area (TPSA) is 68.9 Å². The van der Waals surface area contributed by atoms with E-state index in [1.807, 2.05) is 0 Å². The molecule has 0 radical (unpaired) electrons. The molecule has 0 saturated carbocycles. The second kappa shape index (κ2) is 3.47. The van der Waals surface area contributed by atoms with Crippen LogP contribution in [0, 0.1) is 4.77 Å². The summed E-state index contributed by atoms with van der Waals surface area (Å²) in [6.45, 7) is 0.782. The zero-order valence-electron chi connectivity index (χ0n) is 7.19. The van der Waals surface area contributed by atoms with Gasteiger partial charge >= 0.3 is 0 Å². The van der Waals surface area contributed by atoms with Crippen molar-refractivity contribution in [3.63, 3.8) is 0 Å². The van der Waals surface area contributed by atoms with E-state index in [0.29, 0.717) is 10.6 Å². The second-order valence-electron chi connectivity index (χ2n) is 3.11. The van der Waals surface area contributed by atoms with Gasteiger partial charge in [-0.1, -0.05) is 0 Å². The first-order valence-corrected chi connectivity index (χ1v) is 4.74. The first-order valence-electron chi connectivity index (χ1n) is 4.33. The predicted molar refractivity (Wildman–Crippen MR) is 50.1 cm³/mol. The van der Waals surface area contributed by atoms with Gasteiger partial charge in [0.2, 0.25) is 4.77 Å². The smallest absolute Gasteiger partial charge is 0.214 e. The van der Waals surface area contributed by atoms with Crippen molar-refractivity contribution < 1.29 is 4.74 Å². The lowest BCUT2D eigenvalue weighted by molar-refractivity contribution is 0.00799. The third-order valence-electron chi connectivity index (χ3n) is 2.20. The van der Waals surface area contributed by atoms with Gasteiger partial charge in [-0.05, 0) is 31.5 Å². The van der Waals surface area contributed by atoms with Gasteiger partial charge in [0.05, 0.1) is 0 Å². The van der Waals surface area contributed by atoms with E-state index < -0.39 is 0 Å². The highest BCUT2D eigenvalue weighted by atomic mass is 32.1. The maximum atomic E-state index is 5.67. The van der Waals surface area contributed by atoms with Crippen molar-refractivity contribution in [1.29, 1.82) is 0 Å². The molecule has 3 N–H and O–H groups in total. The average Bonchev–Trinajstić information content (AvgIpc) is 2.49. The minimum absolute atomic E-state index is 0.00620. The maximum Gasteiger partial charge on any atom is 0.214 e. The molecule has 1 aliphatic rings. The fraction of sp³-hybridized carbons (Fsp3) is 0.714. The lowest BCUT2D eigenvalue weighted by Gasteiger charge is -2.20. The molecule has 1 fully saturated rings. The van der Waals surface area contributed by atoms with Crippen LogP contribution in [-0.2, 0) is 4.74 Å². The summed E-state index contributed by atoms with van der Waals surface area (Å²) in [5.74, 6) is 6.37. The van der Waals surface area contributed by atoms with Crippen molar-refractivity contribution >= 4 is 12.2 Å². The number of H-pyrrole nitrogens is 1. The van der Waals surface area contributed by atoms with Gasteiger partial charge in [0.15, 0.2) is 5.82 Å². The van der Waals surface area contributed by atoms with Crippen molar-refractivity contribution in [3.05, 3.63) is 10.6 Å². The van der Waals surface area contributed by atoms with Gasteiger partial charge in [-0.25, -0.2) is 4.68 Å². The quantitative estimate of drug-likeness (QED) is 0.522. The Morgan fingerprint density at radius 2 is 2.46 bits per heavy atom. The second-order valence-corrected chi connectivity index (χ2v) is 3.50. The van der Waals surface area contributed by atoms with Crippen LogP contribution in [0.5, 0.6) is 0 Å². The summed E-state index contributed by atoms with van der Waals surface area (Å²) in [6.07, 6.45) is 3.25. The summed E-state index contributed by atoms with van der Waals surface area (Å²) in [6, 6.07) is 0. The molecule has 2 rings (SSSR count). The fourth-order valence-electron chi connectivity index (χ4n) is 1.49. The molecule has 1 aliphatic heterocycles. The lowest BCUT2D eigenvalue weighted by atomic mass is 10.1. The van der Waals surface area contributed by atoms with E-state index in [-0.39, 0.29) is 6.10 Å². The van der Waals surface area contributed by atoms with Crippen molar-refractivity contribution in [3.8, 4) is 0 Å². The number of hydrogen-bond donors (Lipinski definition) is 2. The first kappa shape index (κ1) is 8.71. The van der Waals surface area contributed by atoms with E-state index in [2.05, 4.69) is 10.2 Å². The van der Waals surface area contributed by atoms with Crippen LogP contribution in [-0.4, -0.2) is 21.5 Å². The van der Waals surface area contributed by atoms with Crippen LogP contribution in [0.25, 0.3) is 0 Å². The third-order valence-corrected chi connectivity index (χ3v) is 2.49. The Morgan fingerprint density at radius 1 is 1.62 bits per heavy atom. The van der Waals surface area contributed by atoms with E-state index in [1.54, 1.807) is 0 Å². The summed E-state index contributed by atoms with van der Waals surface area (Å²) in [5.41, 5.74) is 0. The fourth-order valence-corrected chi connectivity index (χ4v) is 1.63. The highest BCUT2D eigenvalue weighted by molar-refractivity contribution is 7.71. The lowest BCUT2D eigenvalue weighted by Crippen LogP contribution is -2.20. The zero-order valence-corrected chi connectivity index (χ0v) is 8.01. The van der Waals surface area contributed by atoms with Gasteiger partial charge in [-0.2, -0.15) is 5.10 Å². The minimum Gasteiger partial charge on any atom is -0.370 e. The van der Waals surface area contributed by atoms with Crippen LogP contribution >= 0.6 is 12.2 Å². The van der Waals surface area contributed by atoms with Gasteiger partial charge in [0, 0.05) is 6.61 Å². The standard InChI is InChI=1S/C7H12N4OS/c8-11-6(9-10-7(11)13)5-3-1-2-4-12-5/h5H,1-4,8H2,(H,10,13). The highest BCUT2D eigenvalue weighted by Gasteiger charge is 2.20. The van der Waals surface area contributed by atoms with Crippen molar-refractivity contribution in [2.24, 2.45) is 0 Å². The van der Waals surface area contributed by atoms with Crippen LogP contribution in [0.2, 0.25) is 0 Å².